The minimum Gasteiger partial charge on any atom is -0.494 e. The molecule has 1 unspecified atom stereocenters. The van der Waals surface area contributed by atoms with Gasteiger partial charge < -0.3 is 24.4 Å². The van der Waals surface area contributed by atoms with Gasteiger partial charge in [-0.2, -0.15) is 0 Å². The summed E-state index contributed by atoms with van der Waals surface area (Å²) in [5.41, 5.74) is 8.13. The molecule has 1 atom stereocenters. The van der Waals surface area contributed by atoms with E-state index in [-0.39, 0.29) is 12.5 Å². The quantitative estimate of drug-likeness (QED) is 0.193. The van der Waals surface area contributed by atoms with Crippen LogP contribution in [0.1, 0.15) is 42.0 Å². The zero-order valence-electron chi connectivity index (χ0n) is 24.3. The standard InChI is InChI=1S/C37H36N2O3/c1-4-38(5-2)29-20-21-31-34(22-29)42-35-24-36(41-3)33(23-32(35)37(31)30-19-13-12-14-26(30)25-40)39(27-15-8-6-9-16-27)28-17-10-7-11-18-28/h6-24,37,40H,4-5,25H2,1-3H3. The summed E-state index contributed by atoms with van der Waals surface area (Å²) < 4.78 is 12.7. The average Bonchev–Trinajstić information content (AvgIpc) is 3.05. The molecule has 1 N–H and O–H groups in total. The first-order valence-electron chi connectivity index (χ1n) is 14.5. The van der Waals surface area contributed by atoms with Crippen LogP contribution in [0.4, 0.5) is 22.7 Å². The van der Waals surface area contributed by atoms with Crippen molar-refractivity contribution in [2.45, 2.75) is 26.4 Å². The predicted octanol–water partition coefficient (Wildman–Crippen LogP) is 8.79. The van der Waals surface area contributed by atoms with E-state index in [0.717, 1.165) is 69.6 Å². The van der Waals surface area contributed by atoms with Crippen LogP contribution < -0.4 is 19.3 Å². The Kier molecular flexibility index (Phi) is 7.85. The number of hydrogen-bond acceptors (Lipinski definition) is 5. The number of rotatable bonds is 9. The molecule has 5 aromatic carbocycles. The Hall–Kier alpha value is -4.74. The third-order valence-electron chi connectivity index (χ3n) is 8.09. The molecule has 6 rings (SSSR count). The average molecular weight is 557 g/mol. The van der Waals surface area contributed by atoms with Gasteiger partial charge in [-0.25, -0.2) is 0 Å². The molecule has 0 amide bonds. The van der Waals surface area contributed by atoms with Gasteiger partial charge in [-0.3, -0.25) is 0 Å². The molecule has 5 aromatic rings. The Morgan fingerprint density at radius 2 is 1.29 bits per heavy atom. The highest BCUT2D eigenvalue weighted by Crippen LogP contribution is 2.53. The number of anilines is 4. The lowest BCUT2D eigenvalue weighted by Crippen LogP contribution is -2.22. The van der Waals surface area contributed by atoms with Crippen molar-refractivity contribution in [1.82, 2.24) is 0 Å². The van der Waals surface area contributed by atoms with Crippen molar-refractivity contribution < 1.29 is 14.6 Å². The number of nitrogens with zero attached hydrogens (tertiary/aromatic N) is 2. The summed E-state index contributed by atoms with van der Waals surface area (Å²) in [5.74, 6) is 2.14. The first kappa shape index (κ1) is 27.4. The molecule has 1 aliphatic rings. The van der Waals surface area contributed by atoms with Gasteiger partial charge in [0.25, 0.3) is 0 Å². The van der Waals surface area contributed by atoms with Gasteiger partial charge in [-0.1, -0.05) is 66.7 Å². The van der Waals surface area contributed by atoms with Gasteiger partial charge in [-0.15, -0.1) is 0 Å². The molecule has 0 fully saturated rings. The maximum Gasteiger partial charge on any atom is 0.146 e. The first-order valence-corrected chi connectivity index (χ1v) is 14.5. The van der Waals surface area contributed by atoms with E-state index in [0.29, 0.717) is 5.75 Å². The minimum atomic E-state index is -0.143. The highest BCUT2D eigenvalue weighted by atomic mass is 16.5. The minimum absolute atomic E-state index is 0.0428. The largest absolute Gasteiger partial charge is 0.494 e. The Bertz CT molecular complexity index is 1630. The molecule has 212 valence electrons. The van der Waals surface area contributed by atoms with Crippen molar-refractivity contribution in [3.8, 4) is 17.2 Å². The maximum absolute atomic E-state index is 10.4. The van der Waals surface area contributed by atoms with E-state index >= 15 is 0 Å². The molecule has 0 bridgehead atoms. The fraction of sp³-hybridized carbons (Fsp3) is 0.189. The van der Waals surface area contributed by atoms with Gasteiger partial charge in [0.2, 0.25) is 0 Å². The zero-order chi connectivity index (χ0) is 29.1. The number of benzene rings is 5. The molecule has 5 nitrogen and oxygen atoms in total. The third kappa shape index (κ3) is 4.97. The zero-order valence-corrected chi connectivity index (χ0v) is 24.3. The number of para-hydroxylation sites is 2. The van der Waals surface area contributed by atoms with Crippen LogP contribution in [0.25, 0.3) is 0 Å². The monoisotopic (exact) mass is 556 g/mol. The summed E-state index contributed by atoms with van der Waals surface area (Å²) in [4.78, 5) is 4.53. The van der Waals surface area contributed by atoms with Crippen LogP contribution in [-0.2, 0) is 6.61 Å². The summed E-state index contributed by atoms with van der Waals surface area (Å²) in [7, 11) is 1.70. The summed E-state index contributed by atoms with van der Waals surface area (Å²) in [6.45, 7) is 6.11. The van der Waals surface area contributed by atoms with Crippen LogP contribution >= 0.6 is 0 Å². The number of fused-ring (bicyclic) bond motifs is 2. The van der Waals surface area contributed by atoms with E-state index in [1.807, 2.05) is 60.7 Å². The molecular formula is C37H36N2O3. The summed E-state index contributed by atoms with van der Waals surface area (Å²) in [5, 5.41) is 10.4. The highest BCUT2D eigenvalue weighted by molar-refractivity contribution is 5.82. The normalized spacial score (nSPS) is 13.5. The molecule has 0 radical (unpaired) electrons. The molecule has 0 saturated carbocycles. The molecule has 42 heavy (non-hydrogen) atoms. The van der Waals surface area contributed by atoms with Crippen molar-refractivity contribution in [1.29, 1.82) is 0 Å². The third-order valence-corrected chi connectivity index (χ3v) is 8.09. The number of ether oxygens (including phenoxy) is 2. The van der Waals surface area contributed by atoms with E-state index in [2.05, 4.69) is 78.2 Å². The van der Waals surface area contributed by atoms with E-state index < -0.39 is 0 Å². The second kappa shape index (κ2) is 12.0. The molecular weight excluding hydrogens is 520 g/mol. The van der Waals surface area contributed by atoms with Crippen molar-refractivity contribution in [3.63, 3.8) is 0 Å². The number of methoxy groups -OCH3 is 1. The Morgan fingerprint density at radius 1 is 0.667 bits per heavy atom. The van der Waals surface area contributed by atoms with Crippen LogP contribution in [0.15, 0.2) is 115 Å². The van der Waals surface area contributed by atoms with Gasteiger partial charge in [0.1, 0.15) is 17.2 Å². The number of aliphatic hydroxyl groups is 1. The predicted molar refractivity (Wildman–Crippen MR) is 171 cm³/mol. The maximum atomic E-state index is 10.4. The van der Waals surface area contributed by atoms with E-state index in [1.54, 1.807) is 7.11 Å². The molecule has 0 spiro atoms. The van der Waals surface area contributed by atoms with Gasteiger partial charge in [-0.05, 0) is 61.4 Å². The number of aliphatic hydroxyl groups excluding tert-OH is 1. The lowest BCUT2D eigenvalue weighted by molar-refractivity contribution is 0.280. The molecule has 0 saturated heterocycles. The molecule has 0 aromatic heterocycles. The Labute approximate surface area is 248 Å². The van der Waals surface area contributed by atoms with Gasteiger partial charge in [0.15, 0.2) is 0 Å². The van der Waals surface area contributed by atoms with Crippen LogP contribution in [0, 0.1) is 0 Å². The smallest absolute Gasteiger partial charge is 0.146 e. The van der Waals surface area contributed by atoms with Crippen molar-refractivity contribution in [2.75, 3.05) is 30.0 Å². The summed E-state index contributed by atoms with van der Waals surface area (Å²) in [6.07, 6.45) is 0. The van der Waals surface area contributed by atoms with Crippen molar-refractivity contribution >= 4 is 22.7 Å². The second-order valence-corrected chi connectivity index (χ2v) is 10.4. The van der Waals surface area contributed by atoms with Crippen LogP contribution in [0.2, 0.25) is 0 Å². The topological polar surface area (TPSA) is 45.2 Å². The first-order chi connectivity index (χ1) is 20.7. The fourth-order valence-corrected chi connectivity index (χ4v) is 6.02. The van der Waals surface area contributed by atoms with Crippen LogP contribution in [-0.4, -0.2) is 25.3 Å². The Morgan fingerprint density at radius 3 is 1.90 bits per heavy atom. The molecule has 1 heterocycles. The van der Waals surface area contributed by atoms with Crippen molar-refractivity contribution in [3.05, 3.63) is 138 Å². The van der Waals surface area contributed by atoms with E-state index in [9.17, 15) is 5.11 Å². The SMILES string of the molecule is CCN(CC)c1ccc2c(c1)Oc1cc(OC)c(N(c3ccccc3)c3ccccc3)cc1C2c1ccccc1CO. The molecule has 5 heteroatoms. The van der Waals surface area contributed by atoms with Crippen molar-refractivity contribution in [2.24, 2.45) is 0 Å². The molecule has 0 aliphatic carbocycles. The van der Waals surface area contributed by atoms with Gasteiger partial charge in [0, 0.05) is 59.3 Å². The van der Waals surface area contributed by atoms with Gasteiger partial charge >= 0.3 is 0 Å². The lowest BCUT2D eigenvalue weighted by Gasteiger charge is -2.34. The lowest BCUT2D eigenvalue weighted by atomic mass is 9.80. The van der Waals surface area contributed by atoms with E-state index in [1.165, 1.54) is 0 Å². The van der Waals surface area contributed by atoms with E-state index in [4.69, 9.17) is 9.47 Å². The Balaban J connectivity index is 1.60. The fourth-order valence-electron chi connectivity index (χ4n) is 6.02. The summed E-state index contributed by atoms with van der Waals surface area (Å²) in [6, 6.07) is 39.5. The van der Waals surface area contributed by atoms with Crippen LogP contribution in [0.5, 0.6) is 17.2 Å². The summed E-state index contributed by atoms with van der Waals surface area (Å²) >= 11 is 0. The second-order valence-electron chi connectivity index (χ2n) is 10.4. The van der Waals surface area contributed by atoms with Gasteiger partial charge in [0.05, 0.1) is 19.4 Å². The molecule has 1 aliphatic heterocycles. The van der Waals surface area contributed by atoms with Crippen LogP contribution in [0.3, 0.4) is 0 Å². The number of hydrogen-bond donors (Lipinski definition) is 1. The highest BCUT2D eigenvalue weighted by Gasteiger charge is 2.33.